The Bertz CT molecular complexity index is 274. The van der Waals surface area contributed by atoms with E-state index in [1.807, 2.05) is 19.2 Å². The molecule has 0 amide bonds. The number of aromatic nitrogens is 1. The molecule has 0 saturated carbocycles. The molecule has 0 atom stereocenters. The van der Waals surface area contributed by atoms with Crippen LogP contribution in [0.1, 0.15) is 6.92 Å². The van der Waals surface area contributed by atoms with Gasteiger partial charge in [-0.3, -0.25) is 0 Å². The van der Waals surface area contributed by atoms with Crippen molar-refractivity contribution in [3.05, 3.63) is 18.3 Å². The van der Waals surface area contributed by atoms with E-state index in [4.69, 9.17) is 4.74 Å². The normalized spacial score (nSPS) is 10.1. The minimum absolute atomic E-state index is 0.791. The molecule has 0 aliphatic rings. The topological polar surface area (TPSA) is 37.4 Å². The van der Waals surface area contributed by atoms with Crippen molar-refractivity contribution in [3.63, 3.8) is 0 Å². The van der Waals surface area contributed by atoms with Gasteiger partial charge in [-0.2, -0.15) is 0 Å². The number of methoxy groups -OCH3 is 1. The highest BCUT2D eigenvalue weighted by molar-refractivity contribution is 5.39. The summed E-state index contributed by atoms with van der Waals surface area (Å²) in [6.45, 7) is 5.03. The van der Waals surface area contributed by atoms with Gasteiger partial charge in [-0.25, -0.2) is 4.98 Å². The fourth-order valence-electron chi connectivity index (χ4n) is 1.26. The number of nitrogens with zero attached hydrogens (tertiary/aromatic N) is 2. The summed E-state index contributed by atoms with van der Waals surface area (Å²) < 4.78 is 5.05. The van der Waals surface area contributed by atoms with Crippen LogP contribution < -0.4 is 15.0 Å². The van der Waals surface area contributed by atoms with Crippen molar-refractivity contribution >= 4 is 5.82 Å². The second-order valence-electron chi connectivity index (χ2n) is 3.33. The summed E-state index contributed by atoms with van der Waals surface area (Å²) in [6, 6.07) is 3.89. The number of hydrogen-bond donors (Lipinski definition) is 1. The van der Waals surface area contributed by atoms with E-state index in [0.717, 1.165) is 31.2 Å². The molecule has 0 unspecified atom stereocenters. The molecular weight excluding hydrogens is 190 g/mol. The molecule has 0 spiro atoms. The molecule has 1 aromatic rings. The molecule has 4 heteroatoms. The number of pyridine rings is 1. The van der Waals surface area contributed by atoms with Gasteiger partial charge in [0.05, 0.1) is 13.3 Å². The lowest BCUT2D eigenvalue weighted by atomic mass is 10.4. The summed E-state index contributed by atoms with van der Waals surface area (Å²) in [6.07, 6.45) is 1.74. The van der Waals surface area contributed by atoms with Crippen molar-refractivity contribution < 1.29 is 4.74 Å². The van der Waals surface area contributed by atoms with Crippen LogP contribution in [0.25, 0.3) is 0 Å². The highest BCUT2D eigenvalue weighted by Gasteiger charge is 2.01. The van der Waals surface area contributed by atoms with E-state index in [1.54, 1.807) is 13.3 Å². The monoisotopic (exact) mass is 209 g/mol. The standard InChI is InChI=1S/C11H19N3O/c1-4-12-7-8-14(2)11-6-5-10(15-3)9-13-11/h5-6,9,12H,4,7-8H2,1-3H3. The number of likely N-dealkylation sites (N-methyl/N-ethyl adjacent to an activating group) is 2. The van der Waals surface area contributed by atoms with Crippen molar-refractivity contribution in [2.24, 2.45) is 0 Å². The van der Waals surface area contributed by atoms with Crippen LogP contribution in [0.3, 0.4) is 0 Å². The average molecular weight is 209 g/mol. The van der Waals surface area contributed by atoms with Gasteiger partial charge in [-0.15, -0.1) is 0 Å². The smallest absolute Gasteiger partial charge is 0.137 e. The van der Waals surface area contributed by atoms with Crippen LogP contribution in [0.15, 0.2) is 18.3 Å². The van der Waals surface area contributed by atoms with Crippen LogP contribution in [-0.4, -0.2) is 38.8 Å². The van der Waals surface area contributed by atoms with Crippen LogP contribution in [0.2, 0.25) is 0 Å². The predicted octanol–water partition coefficient (Wildman–Crippen LogP) is 1.14. The quantitative estimate of drug-likeness (QED) is 0.713. The molecule has 1 N–H and O–H groups in total. The number of rotatable bonds is 6. The highest BCUT2D eigenvalue weighted by atomic mass is 16.5. The number of anilines is 1. The van der Waals surface area contributed by atoms with E-state index in [9.17, 15) is 0 Å². The van der Waals surface area contributed by atoms with Crippen molar-refractivity contribution in [2.45, 2.75) is 6.92 Å². The number of hydrogen-bond acceptors (Lipinski definition) is 4. The predicted molar refractivity (Wildman–Crippen MR) is 62.6 cm³/mol. The zero-order chi connectivity index (χ0) is 11.1. The lowest BCUT2D eigenvalue weighted by Crippen LogP contribution is -2.29. The van der Waals surface area contributed by atoms with Crippen molar-refractivity contribution in [3.8, 4) is 5.75 Å². The van der Waals surface area contributed by atoms with Crippen LogP contribution in [0, 0.1) is 0 Å². The largest absolute Gasteiger partial charge is 0.495 e. The number of ether oxygens (including phenoxy) is 1. The van der Waals surface area contributed by atoms with E-state index in [1.165, 1.54) is 0 Å². The molecule has 0 saturated heterocycles. The van der Waals surface area contributed by atoms with Crippen LogP contribution >= 0.6 is 0 Å². The van der Waals surface area contributed by atoms with Crippen LogP contribution in [-0.2, 0) is 0 Å². The summed E-state index contributed by atoms with van der Waals surface area (Å²) in [5, 5.41) is 3.28. The molecule has 0 radical (unpaired) electrons. The molecule has 4 nitrogen and oxygen atoms in total. The van der Waals surface area contributed by atoms with Gasteiger partial charge < -0.3 is 15.0 Å². The molecule has 1 aromatic heterocycles. The number of nitrogens with one attached hydrogen (secondary N) is 1. The molecular formula is C11H19N3O. The summed E-state index contributed by atoms with van der Waals surface area (Å²) in [5.41, 5.74) is 0. The average Bonchev–Trinajstić information content (AvgIpc) is 2.29. The zero-order valence-corrected chi connectivity index (χ0v) is 9.66. The SMILES string of the molecule is CCNCCN(C)c1ccc(OC)cn1. The molecule has 0 aliphatic heterocycles. The molecule has 1 heterocycles. The summed E-state index contributed by atoms with van der Waals surface area (Å²) in [5.74, 6) is 1.76. The first-order valence-corrected chi connectivity index (χ1v) is 5.19. The van der Waals surface area contributed by atoms with Gasteiger partial charge >= 0.3 is 0 Å². The second-order valence-corrected chi connectivity index (χ2v) is 3.33. The Labute approximate surface area is 91.3 Å². The van der Waals surface area contributed by atoms with Crippen molar-refractivity contribution in [2.75, 3.05) is 38.7 Å². The van der Waals surface area contributed by atoms with E-state index in [2.05, 4.69) is 22.1 Å². The third-order valence-corrected chi connectivity index (χ3v) is 2.22. The molecule has 84 valence electrons. The Kier molecular flexibility index (Phi) is 4.90. The fourth-order valence-corrected chi connectivity index (χ4v) is 1.26. The van der Waals surface area contributed by atoms with E-state index in [-0.39, 0.29) is 0 Å². The molecule has 15 heavy (non-hydrogen) atoms. The Morgan fingerprint density at radius 2 is 2.27 bits per heavy atom. The fraction of sp³-hybridized carbons (Fsp3) is 0.545. The van der Waals surface area contributed by atoms with E-state index in [0.29, 0.717) is 0 Å². The third kappa shape index (κ3) is 3.75. The van der Waals surface area contributed by atoms with Gasteiger partial charge in [0.15, 0.2) is 0 Å². The maximum absolute atomic E-state index is 5.05. The van der Waals surface area contributed by atoms with E-state index < -0.39 is 0 Å². The third-order valence-electron chi connectivity index (χ3n) is 2.22. The summed E-state index contributed by atoms with van der Waals surface area (Å²) in [7, 11) is 3.68. The van der Waals surface area contributed by atoms with Gasteiger partial charge in [-0.05, 0) is 18.7 Å². The maximum Gasteiger partial charge on any atom is 0.137 e. The van der Waals surface area contributed by atoms with Gasteiger partial charge in [0.2, 0.25) is 0 Å². The first kappa shape index (κ1) is 11.8. The Balaban J connectivity index is 2.46. The Morgan fingerprint density at radius 1 is 1.47 bits per heavy atom. The Hall–Kier alpha value is -1.29. The lowest BCUT2D eigenvalue weighted by Gasteiger charge is -2.18. The maximum atomic E-state index is 5.05. The molecule has 1 rings (SSSR count). The second kappa shape index (κ2) is 6.24. The summed E-state index contributed by atoms with van der Waals surface area (Å²) in [4.78, 5) is 6.41. The van der Waals surface area contributed by atoms with Gasteiger partial charge in [0, 0.05) is 20.1 Å². The van der Waals surface area contributed by atoms with Crippen molar-refractivity contribution in [1.29, 1.82) is 0 Å². The highest BCUT2D eigenvalue weighted by Crippen LogP contribution is 2.13. The zero-order valence-electron chi connectivity index (χ0n) is 9.66. The minimum atomic E-state index is 0.791. The molecule has 0 bridgehead atoms. The molecule has 0 aliphatic carbocycles. The van der Waals surface area contributed by atoms with Gasteiger partial charge in [0.25, 0.3) is 0 Å². The molecule has 0 aromatic carbocycles. The van der Waals surface area contributed by atoms with Crippen LogP contribution in [0.5, 0.6) is 5.75 Å². The van der Waals surface area contributed by atoms with Crippen LogP contribution in [0.4, 0.5) is 5.82 Å². The first-order chi connectivity index (χ1) is 7.27. The van der Waals surface area contributed by atoms with Crippen molar-refractivity contribution in [1.82, 2.24) is 10.3 Å². The van der Waals surface area contributed by atoms with Gasteiger partial charge in [-0.1, -0.05) is 6.92 Å². The molecule has 0 fully saturated rings. The summed E-state index contributed by atoms with van der Waals surface area (Å²) >= 11 is 0. The Morgan fingerprint density at radius 3 is 2.80 bits per heavy atom. The van der Waals surface area contributed by atoms with E-state index >= 15 is 0 Å². The minimum Gasteiger partial charge on any atom is -0.495 e. The lowest BCUT2D eigenvalue weighted by molar-refractivity contribution is 0.413. The first-order valence-electron chi connectivity index (χ1n) is 5.19. The van der Waals surface area contributed by atoms with Gasteiger partial charge in [0.1, 0.15) is 11.6 Å².